The number of esters is 2. The van der Waals surface area contributed by atoms with Crippen molar-refractivity contribution in [1.29, 1.82) is 0 Å². The monoisotopic (exact) mass is 582 g/mol. The van der Waals surface area contributed by atoms with E-state index in [-0.39, 0.29) is 17.9 Å². The Labute approximate surface area is 239 Å². The van der Waals surface area contributed by atoms with E-state index in [1.807, 2.05) is 30.3 Å². The molecule has 0 fully saturated rings. The third-order valence-corrected chi connectivity index (χ3v) is 7.32. The molecule has 0 saturated heterocycles. The molecule has 11 heteroatoms. The van der Waals surface area contributed by atoms with Gasteiger partial charge >= 0.3 is 16.8 Å². The zero-order valence-electron chi connectivity index (χ0n) is 22.1. The second-order valence-electron chi connectivity index (χ2n) is 8.63. The van der Waals surface area contributed by atoms with E-state index in [2.05, 4.69) is 5.16 Å². The molecule has 0 aliphatic carbocycles. The lowest BCUT2D eigenvalue weighted by Crippen LogP contribution is -2.28. The SMILES string of the molecule is CON=C(c1cccc(Cl)c1)c1ccc2c(c1)sc(=O)n2CCOc1ccc(CC(C(=O)OC)C(=O)OC)cc1. The summed E-state index contributed by atoms with van der Waals surface area (Å²) in [5.74, 6) is -1.75. The van der Waals surface area contributed by atoms with Gasteiger partial charge in [0, 0.05) is 16.1 Å². The Hall–Kier alpha value is -4.15. The third kappa shape index (κ3) is 6.70. The van der Waals surface area contributed by atoms with Crippen LogP contribution in [0.4, 0.5) is 0 Å². The number of benzene rings is 3. The molecular weight excluding hydrogens is 556 g/mol. The summed E-state index contributed by atoms with van der Waals surface area (Å²) in [6, 6.07) is 20.0. The van der Waals surface area contributed by atoms with E-state index >= 15 is 0 Å². The molecule has 1 heterocycles. The highest BCUT2D eigenvalue weighted by Gasteiger charge is 2.28. The minimum atomic E-state index is -1.04. The van der Waals surface area contributed by atoms with E-state index in [9.17, 15) is 14.4 Å². The fourth-order valence-corrected chi connectivity index (χ4v) is 5.33. The molecule has 0 aliphatic heterocycles. The van der Waals surface area contributed by atoms with Gasteiger partial charge in [-0.25, -0.2) is 0 Å². The molecular formula is C29H27ClN2O7S. The second-order valence-corrected chi connectivity index (χ2v) is 10.1. The van der Waals surface area contributed by atoms with Gasteiger partial charge in [0.05, 0.1) is 31.0 Å². The highest BCUT2D eigenvalue weighted by molar-refractivity contribution is 7.16. The van der Waals surface area contributed by atoms with Crippen molar-refractivity contribution in [3.05, 3.63) is 98.1 Å². The number of hydrogen-bond acceptors (Lipinski definition) is 9. The maximum Gasteiger partial charge on any atom is 0.320 e. The first kappa shape index (κ1) is 28.8. The van der Waals surface area contributed by atoms with Gasteiger partial charge in [-0.1, -0.05) is 58.4 Å². The molecule has 3 aromatic carbocycles. The lowest BCUT2D eigenvalue weighted by Gasteiger charge is -2.13. The van der Waals surface area contributed by atoms with Crippen LogP contribution in [0.2, 0.25) is 5.02 Å². The van der Waals surface area contributed by atoms with Gasteiger partial charge in [0.2, 0.25) is 0 Å². The Morgan fingerprint density at radius 1 is 0.950 bits per heavy atom. The number of carbonyl (C=O) groups is 2. The summed E-state index contributed by atoms with van der Waals surface area (Å²) in [4.78, 5) is 41.6. The lowest BCUT2D eigenvalue weighted by atomic mass is 9.99. The van der Waals surface area contributed by atoms with E-state index in [0.717, 1.165) is 38.2 Å². The van der Waals surface area contributed by atoms with Gasteiger partial charge < -0.3 is 19.0 Å². The summed E-state index contributed by atoms with van der Waals surface area (Å²) < 4.78 is 17.7. The molecule has 0 amide bonds. The standard InChI is InChI=1S/C29H27ClN2O7S/c1-36-27(33)23(28(34)37-2)15-18-7-10-22(11-8-18)39-14-13-32-24-12-9-20(17-25(24)40-29(32)35)26(31-38-3)19-5-4-6-21(30)16-19/h4-12,16-17,23H,13-15H2,1-3H3. The van der Waals surface area contributed by atoms with Crippen molar-refractivity contribution < 1.29 is 28.6 Å². The average Bonchev–Trinajstić information content (AvgIpc) is 3.28. The van der Waals surface area contributed by atoms with Crippen molar-refractivity contribution >= 4 is 50.8 Å². The number of rotatable bonds is 11. The molecule has 208 valence electrons. The van der Waals surface area contributed by atoms with Gasteiger partial charge in [0.25, 0.3) is 0 Å². The number of thiazole rings is 1. The van der Waals surface area contributed by atoms with Crippen LogP contribution in [0.1, 0.15) is 16.7 Å². The predicted molar refractivity (Wildman–Crippen MR) is 153 cm³/mol. The zero-order chi connectivity index (χ0) is 28.6. The maximum absolute atomic E-state index is 12.8. The summed E-state index contributed by atoms with van der Waals surface area (Å²) in [6.07, 6.45) is 0.145. The van der Waals surface area contributed by atoms with Crippen LogP contribution >= 0.6 is 22.9 Å². The van der Waals surface area contributed by atoms with E-state index in [1.165, 1.54) is 21.3 Å². The van der Waals surface area contributed by atoms with E-state index < -0.39 is 17.9 Å². The Morgan fingerprint density at radius 2 is 1.65 bits per heavy atom. The van der Waals surface area contributed by atoms with Gasteiger partial charge in [0.1, 0.15) is 25.2 Å². The lowest BCUT2D eigenvalue weighted by molar-refractivity contribution is -0.158. The van der Waals surface area contributed by atoms with Crippen molar-refractivity contribution in [2.75, 3.05) is 27.9 Å². The van der Waals surface area contributed by atoms with Gasteiger partial charge in [-0.15, -0.1) is 0 Å². The van der Waals surface area contributed by atoms with Crippen LogP contribution in [0.25, 0.3) is 10.2 Å². The van der Waals surface area contributed by atoms with Crippen LogP contribution in [0.15, 0.2) is 76.7 Å². The number of hydrogen-bond donors (Lipinski definition) is 0. The predicted octanol–water partition coefficient (Wildman–Crippen LogP) is 4.70. The number of fused-ring (bicyclic) bond motifs is 1. The first-order valence-corrected chi connectivity index (χ1v) is 13.4. The Morgan fingerprint density at radius 3 is 2.30 bits per heavy atom. The van der Waals surface area contributed by atoms with Gasteiger partial charge in [-0.3, -0.25) is 19.0 Å². The maximum atomic E-state index is 12.8. The third-order valence-electron chi connectivity index (χ3n) is 6.14. The number of oxime groups is 1. The molecule has 0 unspecified atom stereocenters. The molecule has 4 aromatic rings. The smallest absolute Gasteiger partial charge is 0.320 e. The fourth-order valence-electron chi connectivity index (χ4n) is 4.18. The van der Waals surface area contributed by atoms with Crippen LogP contribution in [-0.4, -0.2) is 50.2 Å². The quantitative estimate of drug-likeness (QED) is 0.109. The molecule has 0 aliphatic rings. The number of carbonyl (C=O) groups excluding carboxylic acids is 2. The summed E-state index contributed by atoms with van der Waals surface area (Å²) in [5, 5.41) is 4.77. The number of methoxy groups -OCH3 is 2. The molecule has 0 saturated carbocycles. The van der Waals surface area contributed by atoms with Crippen molar-refractivity contribution in [1.82, 2.24) is 4.57 Å². The van der Waals surface area contributed by atoms with Gasteiger partial charge in [-0.05, 0) is 48.4 Å². The van der Waals surface area contributed by atoms with Crippen molar-refractivity contribution in [3.63, 3.8) is 0 Å². The number of ether oxygens (including phenoxy) is 3. The van der Waals surface area contributed by atoms with Gasteiger partial charge in [0.15, 0.2) is 5.92 Å². The van der Waals surface area contributed by atoms with Crippen molar-refractivity contribution in [2.45, 2.75) is 13.0 Å². The number of halogens is 1. The van der Waals surface area contributed by atoms with Crippen molar-refractivity contribution in [3.8, 4) is 5.75 Å². The Bertz CT molecular complexity index is 1580. The minimum Gasteiger partial charge on any atom is -0.492 e. The first-order valence-electron chi connectivity index (χ1n) is 12.2. The molecule has 4 rings (SSSR count). The van der Waals surface area contributed by atoms with Crippen LogP contribution < -0.4 is 9.61 Å². The highest BCUT2D eigenvalue weighted by Crippen LogP contribution is 2.23. The average molecular weight is 583 g/mol. The summed E-state index contributed by atoms with van der Waals surface area (Å²) in [7, 11) is 3.93. The molecule has 0 bridgehead atoms. The largest absolute Gasteiger partial charge is 0.492 e. The molecule has 9 nitrogen and oxygen atoms in total. The summed E-state index contributed by atoms with van der Waals surface area (Å²) in [5.41, 5.74) is 3.74. The number of aromatic nitrogens is 1. The molecule has 0 atom stereocenters. The topological polar surface area (TPSA) is 105 Å². The summed E-state index contributed by atoms with van der Waals surface area (Å²) in [6.45, 7) is 0.610. The van der Waals surface area contributed by atoms with Crippen LogP contribution in [0.3, 0.4) is 0 Å². The fraction of sp³-hybridized carbons (Fsp3) is 0.241. The number of nitrogens with zero attached hydrogens (tertiary/aromatic N) is 2. The first-order chi connectivity index (χ1) is 19.3. The molecule has 0 radical (unpaired) electrons. The Kier molecular flexibility index (Phi) is 9.57. The van der Waals surface area contributed by atoms with E-state index in [1.54, 1.807) is 41.0 Å². The minimum absolute atomic E-state index is 0.101. The second kappa shape index (κ2) is 13.3. The van der Waals surface area contributed by atoms with E-state index in [4.69, 9.17) is 30.6 Å². The highest BCUT2D eigenvalue weighted by atomic mass is 35.5. The molecule has 0 spiro atoms. The normalized spacial score (nSPS) is 11.5. The molecule has 0 N–H and O–H groups in total. The van der Waals surface area contributed by atoms with Crippen molar-refractivity contribution in [2.24, 2.45) is 11.1 Å². The van der Waals surface area contributed by atoms with Crippen LogP contribution in [0, 0.1) is 5.92 Å². The van der Waals surface area contributed by atoms with Crippen LogP contribution in [-0.2, 0) is 36.9 Å². The van der Waals surface area contributed by atoms with Crippen LogP contribution in [0.5, 0.6) is 5.75 Å². The summed E-state index contributed by atoms with van der Waals surface area (Å²) >= 11 is 7.31. The van der Waals surface area contributed by atoms with Gasteiger partial charge in [-0.2, -0.15) is 0 Å². The van der Waals surface area contributed by atoms with E-state index in [0.29, 0.717) is 23.0 Å². The molecule has 1 aromatic heterocycles. The Balaban J connectivity index is 1.44. The zero-order valence-corrected chi connectivity index (χ0v) is 23.7. The molecule has 40 heavy (non-hydrogen) atoms.